The monoisotopic (exact) mass is 305 g/mol. The van der Waals surface area contributed by atoms with Gasteiger partial charge in [0.1, 0.15) is 18.1 Å². The Morgan fingerprint density at radius 1 is 1.40 bits per heavy atom. The number of carbonyl (C=O) groups excluding carboxylic acids is 2. The standard InChI is InChI=1S/C11H14O8S/c12-10(17-2-1-3-20(14,15)16)7-5-4-6-9(18-5)8(7)11(13)19-6/h5-9H,1-4H2,(H,14,15,16)/p-1. The lowest BCUT2D eigenvalue weighted by atomic mass is 9.80. The van der Waals surface area contributed by atoms with E-state index in [-0.39, 0.29) is 31.3 Å². The summed E-state index contributed by atoms with van der Waals surface area (Å²) in [5, 5.41) is 0. The van der Waals surface area contributed by atoms with Crippen LogP contribution in [0.25, 0.3) is 0 Å². The van der Waals surface area contributed by atoms with Crippen molar-refractivity contribution in [2.45, 2.75) is 31.2 Å². The molecule has 20 heavy (non-hydrogen) atoms. The van der Waals surface area contributed by atoms with Crippen LogP contribution in [0.3, 0.4) is 0 Å². The van der Waals surface area contributed by atoms with Crippen molar-refractivity contribution in [1.82, 2.24) is 0 Å². The predicted molar refractivity (Wildman–Crippen MR) is 60.3 cm³/mol. The summed E-state index contributed by atoms with van der Waals surface area (Å²) in [5.41, 5.74) is 0. The van der Waals surface area contributed by atoms with Gasteiger partial charge in [-0.1, -0.05) is 0 Å². The van der Waals surface area contributed by atoms with E-state index in [9.17, 15) is 22.6 Å². The molecule has 2 bridgehead atoms. The molecule has 0 amide bonds. The molecule has 0 saturated carbocycles. The molecule has 112 valence electrons. The highest BCUT2D eigenvalue weighted by Gasteiger charge is 2.66. The van der Waals surface area contributed by atoms with Crippen LogP contribution in [0.1, 0.15) is 12.8 Å². The Bertz CT molecular complexity index is 539. The second-order valence-electron chi connectivity index (χ2n) is 5.18. The largest absolute Gasteiger partial charge is 0.748 e. The molecule has 3 rings (SSSR count). The van der Waals surface area contributed by atoms with Gasteiger partial charge >= 0.3 is 11.9 Å². The lowest BCUT2D eigenvalue weighted by Crippen LogP contribution is -2.37. The van der Waals surface area contributed by atoms with Crippen molar-refractivity contribution < 1.29 is 36.8 Å². The van der Waals surface area contributed by atoms with E-state index in [1.54, 1.807) is 0 Å². The Balaban J connectivity index is 1.55. The summed E-state index contributed by atoms with van der Waals surface area (Å²) in [6, 6.07) is 0. The molecule has 0 spiro atoms. The number of rotatable bonds is 5. The zero-order valence-corrected chi connectivity index (χ0v) is 11.2. The number of hydrogen-bond acceptors (Lipinski definition) is 8. The van der Waals surface area contributed by atoms with E-state index >= 15 is 0 Å². The van der Waals surface area contributed by atoms with Gasteiger partial charge < -0.3 is 18.8 Å². The zero-order valence-electron chi connectivity index (χ0n) is 10.4. The smallest absolute Gasteiger partial charge is 0.313 e. The number of esters is 2. The van der Waals surface area contributed by atoms with E-state index in [4.69, 9.17) is 14.2 Å². The highest BCUT2D eigenvalue weighted by Crippen LogP contribution is 2.50. The number of carbonyl (C=O) groups is 2. The van der Waals surface area contributed by atoms with Crippen LogP contribution in [0, 0.1) is 11.8 Å². The minimum absolute atomic E-state index is 0.0585. The molecule has 0 aromatic heterocycles. The van der Waals surface area contributed by atoms with Gasteiger partial charge in [-0.15, -0.1) is 0 Å². The third-order valence-electron chi connectivity index (χ3n) is 3.90. The highest BCUT2D eigenvalue weighted by atomic mass is 32.2. The van der Waals surface area contributed by atoms with Crippen LogP contribution >= 0.6 is 0 Å². The van der Waals surface area contributed by atoms with Gasteiger partial charge in [-0.3, -0.25) is 9.59 Å². The number of fused-ring (bicyclic) bond motifs is 1. The Kier molecular flexibility index (Phi) is 3.22. The molecule has 3 saturated heterocycles. The summed E-state index contributed by atoms with van der Waals surface area (Å²) in [6.07, 6.45) is -0.574. The molecule has 8 nitrogen and oxygen atoms in total. The number of hydrogen-bond donors (Lipinski definition) is 0. The molecule has 0 aliphatic carbocycles. The van der Waals surface area contributed by atoms with Gasteiger partial charge in [-0.2, -0.15) is 0 Å². The lowest BCUT2D eigenvalue weighted by molar-refractivity contribution is -0.155. The molecule has 0 aromatic carbocycles. The predicted octanol–water partition coefficient (Wildman–Crippen LogP) is -1.21. The van der Waals surface area contributed by atoms with Crippen LogP contribution in [0.2, 0.25) is 0 Å². The van der Waals surface area contributed by atoms with Gasteiger partial charge in [0.25, 0.3) is 0 Å². The van der Waals surface area contributed by atoms with E-state index in [0.717, 1.165) is 0 Å². The van der Waals surface area contributed by atoms with Crippen molar-refractivity contribution in [2.24, 2.45) is 11.8 Å². The summed E-state index contributed by atoms with van der Waals surface area (Å²) < 4.78 is 46.8. The zero-order chi connectivity index (χ0) is 14.5. The average Bonchev–Trinajstić information content (AvgIpc) is 2.93. The highest BCUT2D eigenvalue weighted by molar-refractivity contribution is 7.85. The fourth-order valence-electron chi connectivity index (χ4n) is 3.12. The Morgan fingerprint density at radius 3 is 2.85 bits per heavy atom. The average molecular weight is 305 g/mol. The molecule has 0 radical (unpaired) electrons. The Morgan fingerprint density at radius 2 is 2.15 bits per heavy atom. The van der Waals surface area contributed by atoms with Crippen LogP contribution in [-0.2, 0) is 33.9 Å². The van der Waals surface area contributed by atoms with Gasteiger partial charge in [-0.25, -0.2) is 8.42 Å². The molecule has 0 aromatic rings. The normalized spacial score (nSPS) is 38.0. The van der Waals surface area contributed by atoms with Crippen molar-refractivity contribution in [3.63, 3.8) is 0 Å². The fraction of sp³-hybridized carbons (Fsp3) is 0.818. The van der Waals surface area contributed by atoms with Crippen LogP contribution < -0.4 is 0 Å². The van der Waals surface area contributed by atoms with Crippen molar-refractivity contribution in [3.05, 3.63) is 0 Å². The van der Waals surface area contributed by atoms with E-state index < -0.39 is 39.6 Å². The van der Waals surface area contributed by atoms with Crippen LogP contribution in [0.4, 0.5) is 0 Å². The van der Waals surface area contributed by atoms with Gasteiger partial charge in [0, 0.05) is 12.2 Å². The topological polar surface area (TPSA) is 119 Å². The van der Waals surface area contributed by atoms with Gasteiger partial charge in [0.05, 0.1) is 28.7 Å². The lowest BCUT2D eigenvalue weighted by Gasteiger charge is -2.19. The van der Waals surface area contributed by atoms with Gasteiger partial charge in [0.2, 0.25) is 0 Å². The third-order valence-corrected chi connectivity index (χ3v) is 4.69. The summed E-state index contributed by atoms with van der Waals surface area (Å²) >= 11 is 0. The van der Waals surface area contributed by atoms with Gasteiger partial charge in [-0.05, 0) is 6.42 Å². The minimum atomic E-state index is -4.31. The third kappa shape index (κ3) is 2.29. The van der Waals surface area contributed by atoms with Crippen LogP contribution in [0.15, 0.2) is 0 Å². The maximum absolute atomic E-state index is 12.0. The maximum atomic E-state index is 12.0. The second kappa shape index (κ2) is 4.68. The van der Waals surface area contributed by atoms with E-state index in [2.05, 4.69) is 0 Å². The van der Waals surface area contributed by atoms with E-state index in [1.807, 2.05) is 0 Å². The molecular formula is C11H13O8S-. The maximum Gasteiger partial charge on any atom is 0.313 e. The molecule has 9 heteroatoms. The summed E-state index contributed by atoms with van der Waals surface area (Å²) in [5.74, 6) is -2.92. The van der Waals surface area contributed by atoms with Crippen molar-refractivity contribution >= 4 is 22.1 Å². The minimum Gasteiger partial charge on any atom is -0.748 e. The molecule has 3 aliphatic heterocycles. The first-order valence-corrected chi connectivity index (χ1v) is 7.91. The molecule has 3 fully saturated rings. The molecular weight excluding hydrogens is 292 g/mol. The molecule has 5 atom stereocenters. The first kappa shape index (κ1) is 13.8. The SMILES string of the molecule is O=C(OCCCS(=O)(=O)[O-])C1C2CC3OC(=O)C1C3O2. The first-order chi connectivity index (χ1) is 9.37. The molecule has 3 heterocycles. The molecule has 0 N–H and O–H groups in total. The summed E-state index contributed by atoms with van der Waals surface area (Å²) in [7, 11) is -4.31. The Hall–Kier alpha value is -1.19. The first-order valence-electron chi connectivity index (χ1n) is 6.33. The summed E-state index contributed by atoms with van der Waals surface area (Å²) in [4.78, 5) is 23.6. The van der Waals surface area contributed by atoms with Crippen molar-refractivity contribution in [2.75, 3.05) is 12.4 Å². The van der Waals surface area contributed by atoms with Crippen LogP contribution in [-0.4, -0.2) is 55.6 Å². The van der Waals surface area contributed by atoms with Gasteiger partial charge in [0.15, 0.2) is 0 Å². The summed E-state index contributed by atoms with van der Waals surface area (Å²) in [6.45, 7) is -0.167. The van der Waals surface area contributed by atoms with E-state index in [0.29, 0.717) is 6.42 Å². The quantitative estimate of drug-likeness (QED) is 0.353. The van der Waals surface area contributed by atoms with Crippen molar-refractivity contribution in [1.29, 1.82) is 0 Å². The fourth-order valence-corrected chi connectivity index (χ4v) is 3.59. The second-order valence-corrected chi connectivity index (χ2v) is 6.71. The number of ether oxygens (including phenoxy) is 3. The molecule has 3 aliphatic rings. The van der Waals surface area contributed by atoms with Crippen LogP contribution in [0.5, 0.6) is 0 Å². The molecule has 5 unspecified atom stereocenters. The van der Waals surface area contributed by atoms with Crippen molar-refractivity contribution in [3.8, 4) is 0 Å². The van der Waals surface area contributed by atoms with E-state index in [1.165, 1.54) is 0 Å². The Labute approximate surface area is 115 Å².